The SMILES string of the molecule is CCCNc1cc(C)ncc1C(=O)NCCOCC. The normalized spacial score (nSPS) is 10.3. The number of hydrogen-bond acceptors (Lipinski definition) is 4. The molecule has 0 bridgehead atoms. The quantitative estimate of drug-likeness (QED) is 0.705. The molecule has 0 fully saturated rings. The maximum atomic E-state index is 12.1. The van der Waals surface area contributed by atoms with Gasteiger partial charge in [-0.1, -0.05) is 6.92 Å². The lowest BCUT2D eigenvalue weighted by Gasteiger charge is -2.12. The second kappa shape index (κ2) is 8.48. The van der Waals surface area contributed by atoms with Crippen molar-refractivity contribution in [2.24, 2.45) is 0 Å². The van der Waals surface area contributed by atoms with Crippen LogP contribution in [0.5, 0.6) is 0 Å². The molecule has 106 valence electrons. The Morgan fingerprint density at radius 2 is 2.16 bits per heavy atom. The molecule has 1 aromatic heterocycles. The van der Waals surface area contributed by atoms with Crippen LogP contribution in [0.2, 0.25) is 0 Å². The zero-order valence-electron chi connectivity index (χ0n) is 12.0. The number of aryl methyl sites for hydroxylation is 1. The summed E-state index contributed by atoms with van der Waals surface area (Å²) in [6, 6.07) is 1.90. The van der Waals surface area contributed by atoms with Crippen LogP contribution in [0.25, 0.3) is 0 Å². The molecule has 1 rings (SSSR count). The Bertz CT molecular complexity index is 408. The second-order valence-corrected chi connectivity index (χ2v) is 4.25. The summed E-state index contributed by atoms with van der Waals surface area (Å²) >= 11 is 0. The van der Waals surface area contributed by atoms with E-state index in [4.69, 9.17) is 4.74 Å². The Hall–Kier alpha value is -1.62. The number of pyridine rings is 1. The Morgan fingerprint density at radius 1 is 1.37 bits per heavy atom. The Kier molecular flexibility index (Phi) is 6.89. The predicted molar refractivity (Wildman–Crippen MR) is 76.6 cm³/mol. The van der Waals surface area contributed by atoms with E-state index in [9.17, 15) is 4.79 Å². The van der Waals surface area contributed by atoms with Gasteiger partial charge in [-0.2, -0.15) is 0 Å². The van der Waals surface area contributed by atoms with Gasteiger partial charge in [0.25, 0.3) is 5.91 Å². The van der Waals surface area contributed by atoms with Gasteiger partial charge in [0, 0.05) is 31.6 Å². The van der Waals surface area contributed by atoms with Crippen molar-refractivity contribution in [3.05, 3.63) is 23.5 Å². The van der Waals surface area contributed by atoms with Crippen molar-refractivity contribution in [2.45, 2.75) is 27.2 Å². The standard InChI is InChI=1S/C14H23N3O2/c1-4-6-15-13-9-11(3)17-10-12(13)14(18)16-7-8-19-5-2/h9-10H,4-8H2,1-3H3,(H,15,17)(H,16,18). The molecule has 0 atom stereocenters. The smallest absolute Gasteiger partial charge is 0.255 e. The summed E-state index contributed by atoms with van der Waals surface area (Å²) < 4.78 is 5.19. The summed E-state index contributed by atoms with van der Waals surface area (Å²) in [7, 11) is 0. The van der Waals surface area contributed by atoms with Gasteiger partial charge in [0.05, 0.1) is 17.9 Å². The number of rotatable bonds is 8. The fourth-order valence-electron chi connectivity index (χ4n) is 1.62. The van der Waals surface area contributed by atoms with E-state index < -0.39 is 0 Å². The van der Waals surface area contributed by atoms with Gasteiger partial charge in [-0.15, -0.1) is 0 Å². The van der Waals surface area contributed by atoms with Gasteiger partial charge >= 0.3 is 0 Å². The van der Waals surface area contributed by atoms with Crippen molar-refractivity contribution in [1.29, 1.82) is 0 Å². The first-order valence-electron chi connectivity index (χ1n) is 6.75. The van der Waals surface area contributed by atoms with E-state index in [1.54, 1.807) is 6.20 Å². The van der Waals surface area contributed by atoms with Crippen LogP contribution in [-0.4, -0.2) is 37.2 Å². The highest BCUT2D eigenvalue weighted by Crippen LogP contribution is 2.15. The molecular weight excluding hydrogens is 242 g/mol. The molecule has 5 nitrogen and oxygen atoms in total. The van der Waals surface area contributed by atoms with E-state index in [1.807, 2.05) is 19.9 Å². The minimum atomic E-state index is -0.120. The maximum Gasteiger partial charge on any atom is 0.255 e. The summed E-state index contributed by atoms with van der Waals surface area (Å²) in [6.07, 6.45) is 2.62. The minimum absolute atomic E-state index is 0.120. The van der Waals surface area contributed by atoms with Crippen molar-refractivity contribution >= 4 is 11.6 Å². The van der Waals surface area contributed by atoms with Crippen LogP contribution in [0, 0.1) is 6.92 Å². The fourth-order valence-corrected chi connectivity index (χ4v) is 1.62. The van der Waals surface area contributed by atoms with E-state index in [0.29, 0.717) is 25.3 Å². The molecule has 0 aliphatic rings. The van der Waals surface area contributed by atoms with Gasteiger partial charge in [0.2, 0.25) is 0 Å². The molecule has 5 heteroatoms. The highest BCUT2D eigenvalue weighted by atomic mass is 16.5. The van der Waals surface area contributed by atoms with Gasteiger partial charge in [-0.25, -0.2) is 0 Å². The third-order valence-corrected chi connectivity index (χ3v) is 2.59. The highest BCUT2D eigenvalue weighted by molar-refractivity contribution is 5.99. The second-order valence-electron chi connectivity index (χ2n) is 4.25. The molecule has 0 aromatic carbocycles. The minimum Gasteiger partial charge on any atom is -0.384 e. The summed E-state index contributed by atoms with van der Waals surface area (Å²) in [5.74, 6) is -0.120. The molecule has 2 N–H and O–H groups in total. The Labute approximate surface area is 114 Å². The number of carbonyl (C=O) groups is 1. The number of ether oxygens (including phenoxy) is 1. The first-order chi connectivity index (χ1) is 9.19. The van der Waals surface area contributed by atoms with Gasteiger partial charge in [-0.3, -0.25) is 9.78 Å². The Morgan fingerprint density at radius 3 is 2.84 bits per heavy atom. The predicted octanol–water partition coefficient (Wildman–Crippen LogP) is 1.98. The number of nitrogens with one attached hydrogen (secondary N) is 2. The molecule has 0 saturated carbocycles. The lowest BCUT2D eigenvalue weighted by atomic mass is 10.2. The van der Waals surface area contributed by atoms with E-state index >= 15 is 0 Å². The number of nitrogens with zero attached hydrogens (tertiary/aromatic N) is 1. The number of carbonyl (C=O) groups excluding carboxylic acids is 1. The van der Waals surface area contributed by atoms with Crippen LogP contribution in [0.3, 0.4) is 0 Å². The van der Waals surface area contributed by atoms with Crippen molar-refractivity contribution < 1.29 is 9.53 Å². The van der Waals surface area contributed by atoms with E-state index in [0.717, 1.165) is 24.3 Å². The summed E-state index contributed by atoms with van der Waals surface area (Å²) in [4.78, 5) is 16.2. The van der Waals surface area contributed by atoms with E-state index in [-0.39, 0.29) is 5.91 Å². The van der Waals surface area contributed by atoms with Gasteiger partial charge < -0.3 is 15.4 Å². The first-order valence-corrected chi connectivity index (χ1v) is 6.75. The van der Waals surface area contributed by atoms with Gasteiger partial charge in [-0.05, 0) is 26.3 Å². The monoisotopic (exact) mass is 265 g/mol. The number of hydrogen-bond donors (Lipinski definition) is 2. The first kappa shape index (κ1) is 15.4. The molecule has 0 radical (unpaired) electrons. The van der Waals surface area contributed by atoms with Crippen LogP contribution in [-0.2, 0) is 4.74 Å². The fraction of sp³-hybridized carbons (Fsp3) is 0.571. The van der Waals surface area contributed by atoms with Crippen molar-refractivity contribution in [3.63, 3.8) is 0 Å². The van der Waals surface area contributed by atoms with Crippen molar-refractivity contribution in [1.82, 2.24) is 10.3 Å². The maximum absolute atomic E-state index is 12.1. The van der Waals surface area contributed by atoms with Gasteiger partial charge in [0.15, 0.2) is 0 Å². The van der Waals surface area contributed by atoms with Gasteiger partial charge in [0.1, 0.15) is 0 Å². The van der Waals surface area contributed by atoms with E-state index in [1.165, 1.54) is 0 Å². The van der Waals surface area contributed by atoms with Crippen LogP contribution in [0.1, 0.15) is 36.3 Å². The molecule has 0 aliphatic carbocycles. The molecule has 1 amide bonds. The number of aromatic nitrogens is 1. The van der Waals surface area contributed by atoms with Crippen LogP contribution in [0.4, 0.5) is 5.69 Å². The largest absolute Gasteiger partial charge is 0.384 e. The summed E-state index contributed by atoms with van der Waals surface area (Å²) in [5, 5.41) is 6.08. The molecule has 0 spiro atoms. The summed E-state index contributed by atoms with van der Waals surface area (Å²) in [5.41, 5.74) is 2.31. The zero-order valence-corrected chi connectivity index (χ0v) is 12.0. The molecular formula is C14H23N3O2. The summed E-state index contributed by atoms with van der Waals surface area (Å²) in [6.45, 7) is 8.45. The average Bonchev–Trinajstić information content (AvgIpc) is 2.41. The zero-order chi connectivity index (χ0) is 14.1. The third kappa shape index (κ3) is 5.26. The molecule has 0 saturated heterocycles. The Balaban J connectivity index is 2.66. The van der Waals surface area contributed by atoms with E-state index in [2.05, 4.69) is 22.5 Å². The van der Waals surface area contributed by atoms with Crippen LogP contribution >= 0.6 is 0 Å². The third-order valence-electron chi connectivity index (χ3n) is 2.59. The lowest BCUT2D eigenvalue weighted by molar-refractivity contribution is 0.0923. The topological polar surface area (TPSA) is 63.2 Å². The highest BCUT2D eigenvalue weighted by Gasteiger charge is 2.11. The molecule has 19 heavy (non-hydrogen) atoms. The van der Waals surface area contributed by atoms with Crippen LogP contribution < -0.4 is 10.6 Å². The van der Waals surface area contributed by atoms with Crippen LogP contribution in [0.15, 0.2) is 12.3 Å². The van der Waals surface area contributed by atoms with Crippen molar-refractivity contribution in [3.8, 4) is 0 Å². The molecule has 1 aromatic rings. The number of anilines is 1. The average molecular weight is 265 g/mol. The molecule has 0 aliphatic heterocycles. The molecule has 0 unspecified atom stereocenters. The van der Waals surface area contributed by atoms with Crippen molar-refractivity contribution in [2.75, 3.05) is 31.6 Å². The number of amides is 1. The lowest BCUT2D eigenvalue weighted by Crippen LogP contribution is -2.28. The molecule has 1 heterocycles.